The van der Waals surface area contributed by atoms with Gasteiger partial charge in [-0.15, -0.1) is 0 Å². The Kier molecular flexibility index (Phi) is 2.75. The first-order valence-electron chi connectivity index (χ1n) is 5.29. The fourth-order valence-corrected chi connectivity index (χ4v) is 1.82. The molecule has 1 heterocycles. The number of carbonyl (C=O) groups is 2. The van der Waals surface area contributed by atoms with Gasteiger partial charge < -0.3 is 9.84 Å². The highest BCUT2D eigenvalue weighted by Crippen LogP contribution is 2.34. The number of amides is 1. The normalized spacial score (nSPS) is 18.6. The van der Waals surface area contributed by atoms with E-state index in [1.807, 2.05) is 13.0 Å². The average Bonchev–Trinajstić information content (AvgIpc) is 2.24. The second-order valence-corrected chi connectivity index (χ2v) is 4.05. The van der Waals surface area contributed by atoms with Gasteiger partial charge in [0.25, 0.3) is 5.91 Å². The molecule has 1 N–H and O–H groups in total. The minimum absolute atomic E-state index is 0.330. The highest BCUT2D eigenvalue weighted by atomic mass is 16.5. The fraction of sp³-hybridized carbons (Fsp3) is 0.333. The number of aryl methyl sites for hydroxylation is 1. The number of hydrogen-bond acceptors (Lipinski definition) is 3. The van der Waals surface area contributed by atoms with Gasteiger partial charge in [-0.1, -0.05) is 6.07 Å². The van der Waals surface area contributed by atoms with Crippen molar-refractivity contribution in [1.82, 2.24) is 0 Å². The van der Waals surface area contributed by atoms with E-state index in [0.717, 1.165) is 5.56 Å². The van der Waals surface area contributed by atoms with Gasteiger partial charge >= 0.3 is 5.97 Å². The Balaban J connectivity index is 2.45. The number of benzene rings is 1. The van der Waals surface area contributed by atoms with E-state index in [1.54, 1.807) is 19.1 Å². The molecule has 1 aromatic rings. The van der Waals surface area contributed by atoms with Gasteiger partial charge in [0.05, 0.1) is 5.69 Å². The van der Waals surface area contributed by atoms with Gasteiger partial charge in [-0.2, -0.15) is 0 Å². The van der Waals surface area contributed by atoms with E-state index >= 15 is 0 Å². The number of nitrogens with zero attached hydrogens (tertiary/aromatic N) is 1. The zero-order valence-electron chi connectivity index (χ0n) is 9.64. The number of fused-ring (bicyclic) bond motifs is 1. The van der Waals surface area contributed by atoms with E-state index < -0.39 is 12.1 Å². The molecule has 1 amide bonds. The summed E-state index contributed by atoms with van der Waals surface area (Å²) in [5.74, 6) is -0.818. The lowest BCUT2D eigenvalue weighted by atomic mass is 10.1. The average molecular weight is 235 g/mol. The molecule has 5 nitrogen and oxygen atoms in total. The summed E-state index contributed by atoms with van der Waals surface area (Å²) in [4.78, 5) is 23.8. The van der Waals surface area contributed by atoms with Crippen LogP contribution in [-0.4, -0.2) is 29.6 Å². The summed E-state index contributed by atoms with van der Waals surface area (Å²) in [6, 6.07) is 5.32. The number of carbonyl (C=O) groups excluding carboxylic acids is 1. The van der Waals surface area contributed by atoms with Crippen LogP contribution >= 0.6 is 0 Å². The summed E-state index contributed by atoms with van der Waals surface area (Å²) >= 11 is 0. The molecule has 0 saturated carbocycles. The Morgan fingerprint density at radius 1 is 1.53 bits per heavy atom. The molecule has 0 spiro atoms. The minimum atomic E-state index is -1.04. The molecule has 0 radical (unpaired) electrons. The Morgan fingerprint density at radius 3 is 2.88 bits per heavy atom. The first kappa shape index (κ1) is 11.4. The Hall–Kier alpha value is -2.04. The van der Waals surface area contributed by atoms with Gasteiger partial charge in [0.2, 0.25) is 0 Å². The third-order valence-corrected chi connectivity index (χ3v) is 2.62. The van der Waals surface area contributed by atoms with Crippen molar-refractivity contribution < 1.29 is 19.4 Å². The highest BCUT2D eigenvalue weighted by molar-refractivity contribution is 6.02. The van der Waals surface area contributed by atoms with Crippen molar-refractivity contribution in [2.45, 2.75) is 20.0 Å². The summed E-state index contributed by atoms with van der Waals surface area (Å²) < 4.78 is 5.45. The van der Waals surface area contributed by atoms with Crippen molar-refractivity contribution in [3.8, 4) is 5.75 Å². The molecule has 90 valence electrons. The second kappa shape index (κ2) is 4.08. The molecule has 1 aliphatic heterocycles. The first-order chi connectivity index (χ1) is 7.99. The van der Waals surface area contributed by atoms with Crippen LogP contribution < -0.4 is 9.64 Å². The van der Waals surface area contributed by atoms with Crippen LogP contribution in [0.4, 0.5) is 5.69 Å². The largest absolute Gasteiger partial charge is 0.480 e. The SMILES string of the molecule is Cc1ccc2c(c1)O[C@@H](C)C(=O)N2CC(=O)O. The first-order valence-corrected chi connectivity index (χ1v) is 5.29. The zero-order valence-corrected chi connectivity index (χ0v) is 9.64. The van der Waals surface area contributed by atoms with Crippen molar-refractivity contribution in [3.05, 3.63) is 23.8 Å². The molecular weight excluding hydrogens is 222 g/mol. The molecule has 1 aromatic carbocycles. The van der Waals surface area contributed by atoms with E-state index in [1.165, 1.54) is 4.90 Å². The van der Waals surface area contributed by atoms with Gasteiger partial charge in [-0.25, -0.2) is 0 Å². The Bertz CT molecular complexity index is 483. The monoisotopic (exact) mass is 235 g/mol. The fourth-order valence-electron chi connectivity index (χ4n) is 1.82. The second-order valence-electron chi connectivity index (χ2n) is 4.05. The van der Waals surface area contributed by atoms with Crippen LogP contribution in [0.25, 0.3) is 0 Å². The van der Waals surface area contributed by atoms with Crippen molar-refractivity contribution in [1.29, 1.82) is 0 Å². The lowest BCUT2D eigenvalue weighted by Crippen LogP contribution is -2.46. The molecule has 0 aliphatic carbocycles. The van der Waals surface area contributed by atoms with Crippen LogP contribution in [0.1, 0.15) is 12.5 Å². The third-order valence-electron chi connectivity index (χ3n) is 2.62. The van der Waals surface area contributed by atoms with Gasteiger partial charge in [0.15, 0.2) is 6.10 Å². The number of hydrogen-bond donors (Lipinski definition) is 1. The number of anilines is 1. The van der Waals surface area contributed by atoms with E-state index in [2.05, 4.69) is 0 Å². The summed E-state index contributed by atoms with van der Waals surface area (Å²) in [5, 5.41) is 8.82. The number of carboxylic acids is 1. The molecule has 0 unspecified atom stereocenters. The third kappa shape index (κ3) is 2.08. The van der Waals surface area contributed by atoms with Crippen LogP contribution in [0.15, 0.2) is 18.2 Å². The molecule has 0 aromatic heterocycles. The van der Waals surface area contributed by atoms with Gasteiger partial charge in [0.1, 0.15) is 12.3 Å². The summed E-state index contributed by atoms with van der Waals surface area (Å²) in [6.07, 6.45) is -0.649. The maximum Gasteiger partial charge on any atom is 0.323 e. The van der Waals surface area contributed by atoms with E-state index in [4.69, 9.17) is 9.84 Å². The summed E-state index contributed by atoms with van der Waals surface area (Å²) in [5.41, 5.74) is 1.52. The Labute approximate surface area is 98.6 Å². The van der Waals surface area contributed by atoms with Crippen molar-refractivity contribution in [3.63, 3.8) is 0 Å². The molecule has 5 heteroatoms. The van der Waals surface area contributed by atoms with Crippen LogP contribution in [0.3, 0.4) is 0 Å². The predicted molar refractivity (Wildman–Crippen MR) is 61.3 cm³/mol. The molecule has 0 saturated heterocycles. The standard InChI is InChI=1S/C12H13NO4/c1-7-3-4-9-10(5-7)17-8(2)12(16)13(9)6-11(14)15/h3-5,8H,6H2,1-2H3,(H,14,15)/t8-/m0/s1. The van der Waals surface area contributed by atoms with E-state index in [0.29, 0.717) is 11.4 Å². The van der Waals surface area contributed by atoms with Gasteiger partial charge in [-0.3, -0.25) is 14.5 Å². The molecule has 1 atom stereocenters. The molecule has 0 fully saturated rings. The molecule has 0 bridgehead atoms. The van der Waals surface area contributed by atoms with Crippen LogP contribution in [0, 0.1) is 6.92 Å². The quantitative estimate of drug-likeness (QED) is 0.836. The van der Waals surface area contributed by atoms with Gasteiger partial charge in [0, 0.05) is 0 Å². The summed E-state index contributed by atoms with van der Waals surface area (Å²) in [6.45, 7) is 3.18. The molecule has 17 heavy (non-hydrogen) atoms. The predicted octanol–water partition coefficient (Wildman–Crippen LogP) is 1.19. The van der Waals surface area contributed by atoms with Crippen LogP contribution in [0.5, 0.6) is 5.75 Å². The maximum absolute atomic E-state index is 11.8. The maximum atomic E-state index is 11.8. The van der Waals surface area contributed by atoms with Crippen molar-refractivity contribution >= 4 is 17.6 Å². The molecule has 2 rings (SSSR count). The topological polar surface area (TPSA) is 66.8 Å². The molecular formula is C12H13NO4. The number of carboxylic acid groups (broad SMARTS) is 1. The highest BCUT2D eigenvalue weighted by Gasteiger charge is 2.32. The van der Waals surface area contributed by atoms with Crippen LogP contribution in [0.2, 0.25) is 0 Å². The molecule has 1 aliphatic rings. The van der Waals surface area contributed by atoms with Crippen molar-refractivity contribution in [2.24, 2.45) is 0 Å². The summed E-state index contributed by atoms with van der Waals surface area (Å²) in [7, 11) is 0. The minimum Gasteiger partial charge on any atom is -0.480 e. The Morgan fingerprint density at radius 2 is 2.24 bits per heavy atom. The lowest BCUT2D eigenvalue weighted by Gasteiger charge is -2.32. The van der Waals surface area contributed by atoms with Gasteiger partial charge in [-0.05, 0) is 31.5 Å². The van der Waals surface area contributed by atoms with E-state index in [-0.39, 0.29) is 12.5 Å². The zero-order chi connectivity index (χ0) is 12.6. The lowest BCUT2D eigenvalue weighted by molar-refractivity contribution is -0.137. The number of ether oxygens (including phenoxy) is 1. The smallest absolute Gasteiger partial charge is 0.323 e. The number of rotatable bonds is 2. The van der Waals surface area contributed by atoms with Crippen molar-refractivity contribution in [2.75, 3.05) is 11.4 Å². The number of aliphatic carboxylic acids is 1. The van der Waals surface area contributed by atoms with Crippen LogP contribution in [-0.2, 0) is 9.59 Å². The van der Waals surface area contributed by atoms with E-state index in [9.17, 15) is 9.59 Å².